The number of carboxylic acids is 1. The molecule has 118 valence electrons. The van der Waals surface area contributed by atoms with E-state index in [0.29, 0.717) is 11.3 Å². The zero-order valence-electron chi connectivity index (χ0n) is 12.0. The average Bonchev–Trinajstić information content (AvgIpc) is 2.56. The van der Waals surface area contributed by atoms with Gasteiger partial charge in [-0.15, -0.1) is 0 Å². The third-order valence-electron chi connectivity index (χ3n) is 2.83. The Kier molecular flexibility index (Phi) is 5.35. The summed E-state index contributed by atoms with van der Waals surface area (Å²) in [5, 5.41) is 13.6. The van der Waals surface area contributed by atoms with Gasteiger partial charge in [0.25, 0.3) is 11.8 Å². The van der Waals surface area contributed by atoms with Gasteiger partial charge < -0.3 is 15.7 Å². The minimum Gasteiger partial charge on any atom is -0.481 e. The molecule has 1 aromatic heterocycles. The fourth-order valence-corrected chi connectivity index (χ4v) is 1.70. The molecule has 0 fully saturated rings. The van der Waals surface area contributed by atoms with Crippen LogP contribution in [0.5, 0.6) is 0 Å². The van der Waals surface area contributed by atoms with Crippen LogP contribution in [0.3, 0.4) is 0 Å². The fraction of sp³-hybridized carbons (Fsp3) is 0.133. The maximum Gasteiger partial charge on any atom is 0.305 e. The van der Waals surface area contributed by atoms with Crippen LogP contribution in [0.1, 0.15) is 27.3 Å². The molecule has 0 saturated heterocycles. The molecule has 1 aromatic carbocycles. The van der Waals surface area contributed by atoms with Gasteiger partial charge >= 0.3 is 5.97 Å². The van der Waals surface area contributed by atoms with Crippen molar-refractivity contribution in [1.82, 2.24) is 15.3 Å². The second-order valence-corrected chi connectivity index (χ2v) is 4.52. The van der Waals surface area contributed by atoms with Crippen LogP contribution >= 0.6 is 0 Å². The number of hydrogen-bond donors (Lipinski definition) is 3. The summed E-state index contributed by atoms with van der Waals surface area (Å²) in [6.07, 6.45) is 4.09. The third-order valence-corrected chi connectivity index (χ3v) is 2.83. The first kappa shape index (κ1) is 16.1. The molecule has 8 nitrogen and oxygen atoms in total. The van der Waals surface area contributed by atoms with E-state index in [4.69, 9.17) is 5.11 Å². The number of benzene rings is 1. The van der Waals surface area contributed by atoms with Gasteiger partial charge in [-0.05, 0) is 24.3 Å². The predicted octanol–water partition coefficient (Wildman–Crippen LogP) is 0.933. The third kappa shape index (κ3) is 4.88. The smallest absolute Gasteiger partial charge is 0.305 e. The van der Waals surface area contributed by atoms with Gasteiger partial charge in [0.1, 0.15) is 5.69 Å². The first-order chi connectivity index (χ1) is 11.1. The van der Waals surface area contributed by atoms with Crippen molar-refractivity contribution in [1.29, 1.82) is 0 Å². The maximum absolute atomic E-state index is 11.9. The van der Waals surface area contributed by atoms with Crippen molar-refractivity contribution in [2.24, 2.45) is 0 Å². The van der Waals surface area contributed by atoms with Crippen LogP contribution in [0.2, 0.25) is 0 Å². The fourth-order valence-electron chi connectivity index (χ4n) is 1.70. The minimum atomic E-state index is -0.979. The molecule has 0 spiro atoms. The van der Waals surface area contributed by atoms with E-state index in [1.54, 1.807) is 12.1 Å². The summed E-state index contributed by atoms with van der Waals surface area (Å²) in [7, 11) is 0. The standard InChI is InChI=1S/C15H14N4O4/c20-13(21)5-6-18-14(22)10-1-3-11(4-2-10)19-15(23)12-9-16-7-8-17-12/h1-4,7-9H,5-6H2,(H,18,22)(H,19,23)(H,20,21). The summed E-state index contributed by atoms with van der Waals surface area (Å²) in [6, 6.07) is 6.20. The molecular formula is C15H14N4O4. The Balaban J connectivity index is 1.93. The molecule has 0 aliphatic carbocycles. The molecule has 1 heterocycles. The Morgan fingerprint density at radius 1 is 1.04 bits per heavy atom. The van der Waals surface area contributed by atoms with Crippen LogP contribution in [0.25, 0.3) is 0 Å². The summed E-state index contributed by atoms with van der Waals surface area (Å²) >= 11 is 0. The van der Waals surface area contributed by atoms with Gasteiger partial charge in [0.2, 0.25) is 0 Å². The highest BCUT2D eigenvalue weighted by Gasteiger charge is 2.09. The van der Waals surface area contributed by atoms with Gasteiger partial charge in [-0.3, -0.25) is 19.4 Å². The molecule has 0 aliphatic heterocycles. The Morgan fingerprint density at radius 2 is 1.78 bits per heavy atom. The lowest BCUT2D eigenvalue weighted by molar-refractivity contribution is -0.136. The highest BCUT2D eigenvalue weighted by Crippen LogP contribution is 2.10. The van der Waals surface area contributed by atoms with Crippen molar-refractivity contribution in [3.8, 4) is 0 Å². The Bertz CT molecular complexity index is 701. The summed E-state index contributed by atoms with van der Waals surface area (Å²) < 4.78 is 0. The van der Waals surface area contributed by atoms with Gasteiger partial charge in [0, 0.05) is 30.2 Å². The van der Waals surface area contributed by atoms with Gasteiger partial charge in [-0.1, -0.05) is 0 Å². The first-order valence-corrected chi connectivity index (χ1v) is 6.73. The van der Waals surface area contributed by atoms with Crippen LogP contribution in [0, 0.1) is 0 Å². The van der Waals surface area contributed by atoms with Crippen LogP contribution in [0.4, 0.5) is 5.69 Å². The second-order valence-electron chi connectivity index (χ2n) is 4.52. The second kappa shape index (κ2) is 7.64. The van der Waals surface area contributed by atoms with Crippen molar-refractivity contribution >= 4 is 23.5 Å². The van der Waals surface area contributed by atoms with E-state index in [9.17, 15) is 14.4 Å². The molecule has 2 amide bonds. The maximum atomic E-state index is 11.9. The molecule has 8 heteroatoms. The number of carboxylic acid groups (broad SMARTS) is 1. The Morgan fingerprint density at radius 3 is 2.39 bits per heavy atom. The van der Waals surface area contributed by atoms with Gasteiger partial charge in [-0.2, -0.15) is 0 Å². The minimum absolute atomic E-state index is 0.0549. The number of carbonyl (C=O) groups is 3. The lowest BCUT2D eigenvalue weighted by Crippen LogP contribution is -2.25. The molecule has 2 rings (SSSR count). The largest absolute Gasteiger partial charge is 0.481 e. The van der Waals surface area contributed by atoms with Crippen molar-refractivity contribution < 1.29 is 19.5 Å². The number of nitrogens with one attached hydrogen (secondary N) is 2. The molecule has 0 radical (unpaired) electrons. The van der Waals surface area contributed by atoms with E-state index >= 15 is 0 Å². The van der Waals surface area contributed by atoms with Crippen molar-refractivity contribution in [2.45, 2.75) is 6.42 Å². The highest BCUT2D eigenvalue weighted by molar-refractivity contribution is 6.03. The molecule has 2 aromatic rings. The van der Waals surface area contributed by atoms with Gasteiger partial charge in [-0.25, -0.2) is 4.98 Å². The average molecular weight is 314 g/mol. The monoisotopic (exact) mass is 314 g/mol. The normalized spacial score (nSPS) is 9.91. The molecular weight excluding hydrogens is 300 g/mol. The summed E-state index contributed by atoms with van der Waals surface area (Å²) in [6.45, 7) is 0.0549. The molecule has 3 N–H and O–H groups in total. The number of carbonyl (C=O) groups excluding carboxylic acids is 2. The Labute approximate surface area is 131 Å². The van der Waals surface area contributed by atoms with Crippen LogP contribution in [-0.4, -0.2) is 39.4 Å². The zero-order valence-corrected chi connectivity index (χ0v) is 12.0. The predicted molar refractivity (Wildman–Crippen MR) is 81.0 cm³/mol. The van der Waals surface area contributed by atoms with E-state index in [1.165, 1.54) is 30.7 Å². The molecule has 0 aliphatic rings. The Hall–Kier alpha value is -3.29. The molecule has 23 heavy (non-hydrogen) atoms. The number of aromatic nitrogens is 2. The van der Waals surface area contributed by atoms with Gasteiger partial charge in [0.05, 0.1) is 12.6 Å². The van der Waals surface area contributed by atoms with E-state index < -0.39 is 11.9 Å². The van der Waals surface area contributed by atoms with Crippen molar-refractivity contribution in [3.05, 3.63) is 54.1 Å². The SMILES string of the molecule is O=C(O)CCNC(=O)c1ccc(NC(=O)c2cnccn2)cc1. The van der Waals surface area contributed by atoms with E-state index in [-0.39, 0.29) is 24.6 Å². The summed E-state index contributed by atoms with van der Waals surface area (Å²) in [5.41, 5.74) is 1.05. The lowest BCUT2D eigenvalue weighted by Gasteiger charge is -2.06. The van der Waals surface area contributed by atoms with E-state index in [0.717, 1.165) is 0 Å². The summed E-state index contributed by atoms with van der Waals surface area (Å²) in [4.78, 5) is 41.7. The lowest BCUT2D eigenvalue weighted by atomic mass is 10.2. The number of anilines is 1. The molecule has 0 unspecified atom stereocenters. The van der Waals surface area contributed by atoms with E-state index in [1.807, 2.05) is 0 Å². The van der Waals surface area contributed by atoms with Crippen molar-refractivity contribution in [2.75, 3.05) is 11.9 Å². The zero-order chi connectivity index (χ0) is 16.7. The topological polar surface area (TPSA) is 121 Å². The van der Waals surface area contributed by atoms with Crippen molar-refractivity contribution in [3.63, 3.8) is 0 Å². The van der Waals surface area contributed by atoms with Crippen LogP contribution in [-0.2, 0) is 4.79 Å². The van der Waals surface area contributed by atoms with Crippen LogP contribution in [0.15, 0.2) is 42.9 Å². The molecule has 0 saturated carbocycles. The number of aliphatic carboxylic acids is 1. The number of rotatable bonds is 6. The molecule has 0 atom stereocenters. The number of amides is 2. The molecule has 0 bridgehead atoms. The summed E-state index contributed by atoms with van der Waals surface area (Å²) in [5.74, 6) is -1.76. The first-order valence-electron chi connectivity index (χ1n) is 6.73. The number of nitrogens with zero attached hydrogens (tertiary/aromatic N) is 2. The highest BCUT2D eigenvalue weighted by atomic mass is 16.4. The number of hydrogen-bond acceptors (Lipinski definition) is 5. The van der Waals surface area contributed by atoms with E-state index in [2.05, 4.69) is 20.6 Å². The van der Waals surface area contributed by atoms with Gasteiger partial charge in [0.15, 0.2) is 0 Å². The quantitative estimate of drug-likeness (QED) is 0.729. The van der Waals surface area contributed by atoms with Crippen LogP contribution < -0.4 is 10.6 Å².